The fourth-order valence-corrected chi connectivity index (χ4v) is 1.61. The molecule has 76 valence electrons. The largest absolute Gasteiger partial charge is 0.350 e. The topological polar surface area (TPSA) is 35.5 Å². The minimum absolute atomic E-state index is 0.0127. The number of carbonyl (C=O) groups is 1. The third-order valence-corrected chi connectivity index (χ3v) is 2.41. The van der Waals surface area contributed by atoms with Crippen molar-refractivity contribution in [2.45, 2.75) is 39.6 Å². The smallest absolute Gasteiger partial charge is 0.163 e. The molecule has 0 spiro atoms. The van der Waals surface area contributed by atoms with Crippen LogP contribution >= 0.6 is 0 Å². The Morgan fingerprint density at radius 3 is 2.69 bits per heavy atom. The van der Waals surface area contributed by atoms with E-state index in [0.29, 0.717) is 6.61 Å². The van der Waals surface area contributed by atoms with Gasteiger partial charge in [0.25, 0.3) is 0 Å². The van der Waals surface area contributed by atoms with Gasteiger partial charge in [0.1, 0.15) is 6.29 Å². The van der Waals surface area contributed by atoms with Gasteiger partial charge in [-0.2, -0.15) is 0 Å². The number of hydrogen-bond acceptors (Lipinski definition) is 3. The van der Waals surface area contributed by atoms with Crippen molar-refractivity contribution in [2.75, 3.05) is 6.61 Å². The van der Waals surface area contributed by atoms with Crippen LogP contribution in [0.4, 0.5) is 0 Å². The van der Waals surface area contributed by atoms with E-state index < -0.39 is 5.79 Å². The quantitative estimate of drug-likeness (QED) is 0.615. The van der Waals surface area contributed by atoms with Crippen LogP contribution in [-0.2, 0) is 14.3 Å². The molecule has 1 fully saturated rings. The van der Waals surface area contributed by atoms with Crippen molar-refractivity contribution in [3.8, 4) is 0 Å². The maximum Gasteiger partial charge on any atom is 0.163 e. The summed E-state index contributed by atoms with van der Waals surface area (Å²) in [4.78, 5) is 10.6. The highest BCUT2D eigenvalue weighted by Gasteiger charge is 2.36. The molecule has 1 rings (SSSR count). The van der Waals surface area contributed by atoms with Crippen LogP contribution in [0.5, 0.6) is 0 Å². The number of ether oxygens (including phenoxy) is 2. The number of hydrogen-bond donors (Lipinski definition) is 0. The lowest BCUT2D eigenvalue weighted by Gasteiger charge is -2.41. The summed E-state index contributed by atoms with van der Waals surface area (Å²) in [6, 6.07) is 0. The standard InChI is InChI=1S/C10H18O3/c1-7(5-11)9-8(2)6-12-10(3,4)13-9/h5,7-9H,6H2,1-4H3/t7-,8+,9-/m1/s1. The first-order valence-corrected chi connectivity index (χ1v) is 4.73. The minimum atomic E-state index is -0.547. The Hall–Kier alpha value is -0.410. The second-order valence-corrected chi connectivity index (χ2v) is 4.27. The summed E-state index contributed by atoms with van der Waals surface area (Å²) in [6.07, 6.45) is 0.934. The molecule has 1 aliphatic heterocycles. The highest BCUT2D eigenvalue weighted by molar-refractivity contribution is 5.53. The average molecular weight is 186 g/mol. The molecule has 0 unspecified atom stereocenters. The predicted octanol–water partition coefficient (Wildman–Crippen LogP) is 1.61. The first-order valence-electron chi connectivity index (χ1n) is 4.73. The van der Waals surface area contributed by atoms with Gasteiger partial charge < -0.3 is 14.3 Å². The molecular formula is C10H18O3. The lowest BCUT2D eigenvalue weighted by atomic mass is 9.93. The first-order chi connectivity index (χ1) is 5.96. The molecular weight excluding hydrogens is 168 g/mol. The molecule has 3 nitrogen and oxygen atoms in total. The van der Waals surface area contributed by atoms with Gasteiger partial charge in [0, 0.05) is 11.8 Å². The van der Waals surface area contributed by atoms with Crippen molar-refractivity contribution >= 4 is 6.29 Å². The molecule has 0 aromatic heterocycles. The Bertz CT molecular complexity index is 189. The molecule has 3 atom stereocenters. The van der Waals surface area contributed by atoms with E-state index in [-0.39, 0.29) is 17.9 Å². The van der Waals surface area contributed by atoms with E-state index >= 15 is 0 Å². The molecule has 13 heavy (non-hydrogen) atoms. The van der Waals surface area contributed by atoms with Crippen LogP contribution in [0.1, 0.15) is 27.7 Å². The Morgan fingerprint density at radius 1 is 1.54 bits per heavy atom. The summed E-state index contributed by atoms with van der Waals surface area (Å²) >= 11 is 0. The fraction of sp³-hybridized carbons (Fsp3) is 0.900. The molecule has 3 heteroatoms. The molecule has 0 amide bonds. The minimum Gasteiger partial charge on any atom is -0.350 e. The maximum atomic E-state index is 10.6. The van der Waals surface area contributed by atoms with Crippen molar-refractivity contribution in [1.82, 2.24) is 0 Å². The van der Waals surface area contributed by atoms with E-state index in [9.17, 15) is 4.79 Å². The zero-order chi connectivity index (χ0) is 10.1. The zero-order valence-corrected chi connectivity index (χ0v) is 8.74. The van der Waals surface area contributed by atoms with E-state index in [1.54, 1.807) is 0 Å². The van der Waals surface area contributed by atoms with Crippen LogP contribution in [0.3, 0.4) is 0 Å². The summed E-state index contributed by atoms with van der Waals surface area (Å²) in [5.41, 5.74) is 0. The van der Waals surface area contributed by atoms with Gasteiger partial charge in [-0.3, -0.25) is 0 Å². The molecule has 1 heterocycles. The fourth-order valence-electron chi connectivity index (χ4n) is 1.61. The van der Waals surface area contributed by atoms with E-state index in [1.807, 2.05) is 27.7 Å². The molecule has 0 saturated carbocycles. The Labute approximate surface area is 79.4 Å². The van der Waals surface area contributed by atoms with Crippen LogP contribution in [0, 0.1) is 11.8 Å². The van der Waals surface area contributed by atoms with Crippen LogP contribution in [0.2, 0.25) is 0 Å². The molecule has 0 aliphatic carbocycles. The van der Waals surface area contributed by atoms with Gasteiger partial charge in [0.15, 0.2) is 5.79 Å². The molecule has 1 saturated heterocycles. The molecule has 0 radical (unpaired) electrons. The van der Waals surface area contributed by atoms with Crippen molar-refractivity contribution in [1.29, 1.82) is 0 Å². The second-order valence-electron chi connectivity index (χ2n) is 4.27. The van der Waals surface area contributed by atoms with Crippen molar-refractivity contribution in [3.05, 3.63) is 0 Å². The predicted molar refractivity (Wildman–Crippen MR) is 49.3 cm³/mol. The van der Waals surface area contributed by atoms with Gasteiger partial charge in [-0.25, -0.2) is 0 Å². The summed E-state index contributed by atoms with van der Waals surface area (Å²) < 4.78 is 11.1. The van der Waals surface area contributed by atoms with Gasteiger partial charge in [0.2, 0.25) is 0 Å². The van der Waals surface area contributed by atoms with E-state index in [0.717, 1.165) is 6.29 Å². The van der Waals surface area contributed by atoms with Gasteiger partial charge >= 0.3 is 0 Å². The van der Waals surface area contributed by atoms with Gasteiger partial charge in [-0.05, 0) is 13.8 Å². The summed E-state index contributed by atoms with van der Waals surface area (Å²) in [6.45, 7) is 8.35. The Morgan fingerprint density at radius 2 is 2.15 bits per heavy atom. The van der Waals surface area contributed by atoms with Gasteiger partial charge in [-0.1, -0.05) is 13.8 Å². The van der Waals surface area contributed by atoms with E-state index in [2.05, 4.69) is 0 Å². The SMILES string of the molecule is C[C@H](C=O)[C@H]1OC(C)(C)OC[C@@H]1C. The van der Waals surface area contributed by atoms with Gasteiger partial charge in [-0.15, -0.1) is 0 Å². The number of carbonyl (C=O) groups excluding carboxylic acids is 1. The summed E-state index contributed by atoms with van der Waals surface area (Å²) in [5.74, 6) is -0.319. The summed E-state index contributed by atoms with van der Waals surface area (Å²) in [7, 11) is 0. The molecule has 0 aromatic carbocycles. The molecule has 1 aliphatic rings. The lowest BCUT2D eigenvalue weighted by molar-refractivity contribution is -0.296. The second kappa shape index (κ2) is 3.76. The molecule has 0 bridgehead atoms. The Balaban J connectivity index is 2.65. The lowest BCUT2D eigenvalue weighted by Crippen LogP contribution is -2.47. The van der Waals surface area contributed by atoms with Crippen LogP contribution < -0.4 is 0 Å². The third-order valence-electron chi connectivity index (χ3n) is 2.41. The van der Waals surface area contributed by atoms with Crippen molar-refractivity contribution in [3.63, 3.8) is 0 Å². The zero-order valence-electron chi connectivity index (χ0n) is 8.74. The van der Waals surface area contributed by atoms with Crippen molar-refractivity contribution < 1.29 is 14.3 Å². The Kier molecular flexibility index (Phi) is 3.09. The molecule has 0 aromatic rings. The van der Waals surface area contributed by atoms with Crippen molar-refractivity contribution in [2.24, 2.45) is 11.8 Å². The molecule has 0 N–H and O–H groups in total. The normalized spacial score (nSPS) is 35.4. The maximum absolute atomic E-state index is 10.6. The highest BCUT2D eigenvalue weighted by Crippen LogP contribution is 2.29. The van der Waals surface area contributed by atoms with Crippen LogP contribution in [0.25, 0.3) is 0 Å². The number of rotatable bonds is 2. The first kappa shape index (κ1) is 10.7. The average Bonchev–Trinajstić information content (AvgIpc) is 2.08. The van der Waals surface area contributed by atoms with E-state index in [4.69, 9.17) is 9.47 Å². The van der Waals surface area contributed by atoms with Crippen LogP contribution in [-0.4, -0.2) is 24.8 Å². The third kappa shape index (κ3) is 2.51. The van der Waals surface area contributed by atoms with Gasteiger partial charge in [0.05, 0.1) is 12.7 Å². The van der Waals surface area contributed by atoms with E-state index in [1.165, 1.54) is 0 Å². The monoisotopic (exact) mass is 186 g/mol. The number of aldehydes is 1. The highest BCUT2D eigenvalue weighted by atomic mass is 16.7. The summed E-state index contributed by atoms with van der Waals surface area (Å²) in [5, 5.41) is 0. The van der Waals surface area contributed by atoms with Crippen LogP contribution in [0.15, 0.2) is 0 Å².